The molecule has 1 aliphatic carbocycles. The average Bonchev–Trinajstić information content (AvgIpc) is 2.44. The number of rotatable bonds is 9. The summed E-state index contributed by atoms with van der Waals surface area (Å²) in [4.78, 5) is 0. The molecule has 1 rings (SSSR count). The summed E-state index contributed by atoms with van der Waals surface area (Å²) in [5.41, 5.74) is 0. The van der Waals surface area contributed by atoms with Crippen molar-refractivity contribution in [3.05, 3.63) is 0 Å². The van der Waals surface area contributed by atoms with E-state index in [0.717, 1.165) is 5.92 Å². The molecule has 0 saturated heterocycles. The second kappa shape index (κ2) is 9.70. The SMILES string of the molecule is CCC1CCC(NCC(O)COC(C)COC)CC1. The molecule has 19 heavy (non-hydrogen) atoms. The van der Waals surface area contributed by atoms with Gasteiger partial charge < -0.3 is 19.9 Å². The van der Waals surface area contributed by atoms with Crippen molar-refractivity contribution in [1.29, 1.82) is 0 Å². The van der Waals surface area contributed by atoms with Gasteiger partial charge in [-0.3, -0.25) is 0 Å². The summed E-state index contributed by atoms with van der Waals surface area (Å²) in [6.07, 6.45) is 6.05. The van der Waals surface area contributed by atoms with Gasteiger partial charge in [0.15, 0.2) is 0 Å². The van der Waals surface area contributed by atoms with Crippen molar-refractivity contribution in [3.8, 4) is 0 Å². The predicted molar refractivity (Wildman–Crippen MR) is 77.3 cm³/mol. The van der Waals surface area contributed by atoms with Crippen LogP contribution < -0.4 is 5.32 Å². The first kappa shape index (κ1) is 16.9. The monoisotopic (exact) mass is 273 g/mol. The van der Waals surface area contributed by atoms with Gasteiger partial charge >= 0.3 is 0 Å². The lowest BCUT2D eigenvalue weighted by molar-refractivity contribution is -0.0318. The van der Waals surface area contributed by atoms with Crippen LogP contribution in [0.3, 0.4) is 0 Å². The Morgan fingerprint density at radius 1 is 1.21 bits per heavy atom. The van der Waals surface area contributed by atoms with Crippen LogP contribution in [0.4, 0.5) is 0 Å². The molecule has 0 aromatic heterocycles. The molecule has 4 heteroatoms. The van der Waals surface area contributed by atoms with Crippen LogP contribution in [0.25, 0.3) is 0 Å². The summed E-state index contributed by atoms with van der Waals surface area (Å²) in [6, 6.07) is 0.578. The Kier molecular flexibility index (Phi) is 8.62. The smallest absolute Gasteiger partial charge is 0.0897 e. The van der Waals surface area contributed by atoms with E-state index in [1.807, 2.05) is 6.92 Å². The van der Waals surface area contributed by atoms with Gasteiger partial charge in [-0.25, -0.2) is 0 Å². The van der Waals surface area contributed by atoms with Crippen molar-refractivity contribution in [2.45, 2.75) is 64.2 Å². The maximum absolute atomic E-state index is 9.87. The van der Waals surface area contributed by atoms with Gasteiger partial charge in [-0.15, -0.1) is 0 Å². The van der Waals surface area contributed by atoms with Gasteiger partial charge in [0.2, 0.25) is 0 Å². The number of methoxy groups -OCH3 is 1. The highest BCUT2D eigenvalue weighted by atomic mass is 16.5. The molecule has 0 spiro atoms. The van der Waals surface area contributed by atoms with Crippen molar-refractivity contribution in [3.63, 3.8) is 0 Å². The lowest BCUT2D eigenvalue weighted by atomic mass is 9.84. The Balaban J connectivity index is 2.05. The molecule has 2 unspecified atom stereocenters. The minimum Gasteiger partial charge on any atom is -0.389 e. The maximum Gasteiger partial charge on any atom is 0.0897 e. The van der Waals surface area contributed by atoms with E-state index >= 15 is 0 Å². The van der Waals surface area contributed by atoms with E-state index in [-0.39, 0.29) is 6.10 Å². The molecule has 1 saturated carbocycles. The number of hydrogen-bond acceptors (Lipinski definition) is 4. The Bertz CT molecular complexity index is 217. The summed E-state index contributed by atoms with van der Waals surface area (Å²) < 4.78 is 10.5. The van der Waals surface area contributed by atoms with Gasteiger partial charge in [0.25, 0.3) is 0 Å². The van der Waals surface area contributed by atoms with Crippen molar-refractivity contribution in [2.75, 3.05) is 26.9 Å². The molecule has 1 aliphatic rings. The van der Waals surface area contributed by atoms with E-state index in [1.165, 1.54) is 32.1 Å². The fraction of sp³-hybridized carbons (Fsp3) is 1.00. The van der Waals surface area contributed by atoms with E-state index in [0.29, 0.717) is 25.8 Å². The molecule has 2 N–H and O–H groups in total. The van der Waals surface area contributed by atoms with Gasteiger partial charge in [-0.2, -0.15) is 0 Å². The average molecular weight is 273 g/mol. The minimum atomic E-state index is -0.428. The fourth-order valence-corrected chi connectivity index (χ4v) is 2.69. The van der Waals surface area contributed by atoms with Gasteiger partial charge in [0.1, 0.15) is 0 Å². The fourth-order valence-electron chi connectivity index (χ4n) is 2.69. The summed E-state index contributed by atoms with van der Waals surface area (Å²) in [5, 5.41) is 13.3. The molecule has 1 fully saturated rings. The van der Waals surface area contributed by atoms with E-state index in [9.17, 15) is 5.11 Å². The predicted octanol–water partition coefficient (Wildman–Crippen LogP) is 1.96. The van der Waals surface area contributed by atoms with E-state index in [1.54, 1.807) is 7.11 Å². The topological polar surface area (TPSA) is 50.7 Å². The van der Waals surface area contributed by atoms with Crippen LogP contribution in [0.15, 0.2) is 0 Å². The zero-order valence-corrected chi connectivity index (χ0v) is 12.7. The van der Waals surface area contributed by atoms with Gasteiger partial charge in [0, 0.05) is 19.7 Å². The molecular weight excluding hydrogens is 242 g/mol. The normalized spacial score (nSPS) is 27.2. The lowest BCUT2D eigenvalue weighted by Gasteiger charge is -2.29. The molecule has 0 aromatic rings. The van der Waals surface area contributed by atoms with E-state index in [4.69, 9.17) is 9.47 Å². The lowest BCUT2D eigenvalue weighted by Crippen LogP contribution is -2.40. The highest BCUT2D eigenvalue weighted by Gasteiger charge is 2.20. The number of ether oxygens (including phenoxy) is 2. The second-order valence-corrected chi connectivity index (χ2v) is 5.79. The van der Waals surface area contributed by atoms with Crippen molar-refractivity contribution in [1.82, 2.24) is 5.32 Å². The van der Waals surface area contributed by atoms with Gasteiger partial charge in [-0.1, -0.05) is 13.3 Å². The Morgan fingerprint density at radius 3 is 2.47 bits per heavy atom. The molecule has 0 bridgehead atoms. The van der Waals surface area contributed by atoms with Crippen LogP contribution in [0, 0.1) is 5.92 Å². The Hall–Kier alpha value is -0.160. The Labute approximate surface area is 117 Å². The highest BCUT2D eigenvalue weighted by molar-refractivity contribution is 4.77. The van der Waals surface area contributed by atoms with Crippen LogP contribution in [0.1, 0.15) is 46.0 Å². The van der Waals surface area contributed by atoms with Crippen LogP contribution in [-0.2, 0) is 9.47 Å². The molecule has 114 valence electrons. The summed E-state index contributed by atoms with van der Waals surface area (Å²) in [6.45, 7) is 5.81. The van der Waals surface area contributed by atoms with Crippen molar-refractivity contribution < 1.29 is 14.6 Å². The quantitative estimate of drug-likeness (QED) is 0.674. The van der Waals surface area contributed by atoms with Crippen LogP contribution >= 0.6 is 0 Å². The first-order valence-corrected chi connectivity index (χ1v) is 7.67. The summed E-state index contributed by atoms with van der Waals surface area (Å²) in [7, 11) is 1.66. The molecule has 4 nitrogen and oxygen atoms in total. The summed E-state index contributed by atoms with van der Waals surface area (Å²) >= 11 is 0. The molecule has 0 heterocycles. The largest absolute Gasteiger partial charge is 0.389 e. The molecule has 2 atom stereocenters. The maximum atomic E-state index is 9.87. The number of nitrogens with one attached hydrogen (secondary N) is 1. The number of aliphatic hydroxyl groups is 1. The van der Waals surface area contributed by atoms with Crippen LogP contribution in [0.2, 0.25) is 0 Å². The second-order valence-electron chi connectivity index (χ2n) is 5.79. The first-order chi connectivity index (χ1) is 9.15. The molecule has 0 amide bonds. The molecule has 0 aliphatic heterocycles. The minimum absolute atomic E-state index is 0.0413. The van der Waals surface area contributed by atoms with Crippen LogP contribution in [0.5, 0.6) is 0 Å². The number of aliphatic hydroxyl groups excluding tert-OH is 1. The van der Waals surface area contributed by atoms with Crippen LogP contribution in [-0.4, -0.2) is 50.2 Å². The Morgan fingerprint density at radius 2 is 1.89 bits per heavy atom. The van der Waals surface area contributed by atoms with E-state index in [2.05, 4.69) is 12.2 Å². The van der Waals surface area contributed by atoms with Gasteiger partial charge in [0.05, 0.1) is 25.4 Å². The number of hydrogen-bond donors (Lipinski definition) is 2. The third-order valence-corrected chi connectivity index (χ3v) is 4.04. The molecular formula is C15H31NO3. The zero-order valence-electron chi connectivity index (χ0n) is 12.7. The third kappa shape index (κ3) is 7.25. The third-order valence-electron chi connectivity index (χ3n) is 4.04. The first-order valence-electron chi connectivity index (χ1n) is 7.67. The molecule has 0 radical (unpaired) electrons. The van der Waals surface area contributed by atoms with Crippen molar-refractivity contribution in [2.24, 2.45) is 5.92 Å². The highest BCUT2D eigenvalue weighted by Crippen LogP contribution is 2.26. The summed E-state index contributed by atoms with van der Waals surface area (Å²) in [5.74, 6) is 0.918. The standard InChI is InChI=1S/C15H31NO3/c1-4-13-5-7-14(8-6-13)16-9-15(17)11-19-12(2)10-18-3/h12-17H,4-11H2,1-3H3. The van der Waals surface area contributed by atoms with Gasteiger partial charge in [-0.05, 0) is 38.5 Å². The van der Waals surface area contributed by atoms with Crippen molar-refractivity contribution >= 4 is 0 Å². The zero-order chi connectivity index (χ0) is 14.1. The molecule has 0 aromatic carbocycles. The van der Waals surface area contributed by atoms with E-state index < -0.39 is 6.10 Å².